The number of amides is 1. The largest absolute Gasteiger partial charge is 0.455 e. The van der Waals surface area contributed by atoms with E-state index in [1.165, 1.54) is 32.1 Å². The molecule has 0 bridgehead atoms. The zero-order valence-electron chi connectivity index (χ0n) is 36.7. The summed E-state index contributed by atoms with van der Waals surface area (Å²) in [6.07, 6.45) is 17.0. The van der Waals surface area contributed by atoms with Crippen LogP contribution in [0.5, 0.6) is 11.5 Å². The van der Waals surface area contributed by atoms with Crippen LogP contribution >= 0.6 is 0 Å². The molecule has 2 saturated heterocycles. The number of hydrogen-bond donors (Lipinski definition) is 3. The first-order chi connectivity index (χ1) is 30.8. The van der Waals surface area contributed by atoms with E-state index in [2.05, 4.69) is 72.9 Å². The number of H-pyrrole nitrogens is 1. The van der Waals surface area contributed by atoms with Crippen molar-refractivity contribution in [2.45, 2.75) is 107 Å². The second-order valence-electron chi connectivity index (χ2n) is 20.0. The lowest BCUT2D eigenvalue weighted by Gasteiger charge is -2.57. The van der Waals surface area contributed by atoms with Crippen LogP contribution in [0.4, 0.5) is 17.2 Å². The Bertz CT molecular complexity index is 2670. The first-order valence-corrected chi connectivity index (χ1v) is 24.6. The fraction of sp³-hybridized carbons (Fsp3) is 0.490. The monoisotopic (exact) mass is 886 g/mol. The minimum atomic E-state index is -4.59. The number of aromatic nitrogens is 3. The van der Waals surface area contributed by atoms with Gasteiger partial charge < -0.3 is 19.9 Å². The Morgan fingerprint density at radius 3 is 2.44 bits per heavy atom. The third kappa shape index (κ3) is 8.68. The molecule has 1 amide bonds. The van der Waals surface area contributed by atoms with Gasteiger partial charge in [-0.1, -0.05) is 44.5 Å². The maximum atomic E-state index is 14.0. The first-order valence-electron chi connectivity index (χ1n) is 23.1. The maximum Gasteiger partial charge on any atom is 0.312 e. The number of carbonyl (C=O) groups excluding carboxylic acids is 1. The normalized spacial score (nSPS) is 22.3. The SMILES string of the molecule is CC1(C)CCC(CNc2ncc(S(=O)(=O)NC(=O)c3ccc(N4CCC5(CC4)CN([C@@H]4CCC[C@@H]4c4ccccc4C4CC4)C5)cc3Oc3cnc4[nH]ccc4c3)cc2[N+](=O)[O-])CC1. The number of nitrogens with one attached hydrogen (secondary N) is 3. The number of anilines is 2. The van der Waals surface area contributed by atoms with Crippen molar-refractivity contribution in [3.63, 3.8) is 0 Å². The molecule has 336 valence electrons. The Hall–Kier alpha value is -5.54. The van der Waals surface area contributed by atoms with Gasteiger partial charge in [0.05, 0.1) is 22.9 Å². The number of carbonyl (C=O) groups is 1. The molecule has 0 unspecified atom stereocenters. The Balaban J connectivity index is 0.833. The molecule has 2 atom stereocenters. The van der Waals surface area contributed by atoms with Crippen molar-refractivity contribution in [2.75, 3.05) is 42.9 Å². The average molecular weight is 887 g/mol. The lowest BCUT2D eigenvalue weighted by atomic mass is 9.70. The van der Waals surface area contributed by atoms with Gasteiger partial charge in [0, 0.05) is 68.2 Å². The lowest BCUT2D eigenvalue weighted by molar-refractivity contribution is -0.384. The number of fused-ring (bicyclic) bond motifs is 1. The summed E-state index contributed by atoms with van der Waals surface area (Å²) in [6, 6.07) is 19.6. The van der Waals surface area contributed by atoms with Gasteiger partial charge in [0.1, 0.15) is 22.0 Å². The van der Waals surface area contributed by atoms with E-state index in [0.29, 0.717) is 35.8 Å². The summed E-state index contributed by atoms with van der Waals surface area (Å²) < 4.78 is 35.9. The van der Waals surface area contributed by atoms with Crippen LogP contribution in [-0.2, 0) is 10.0 Å². The van der Waals surface area contributed by atoms with Gasteiger partial charge in [-0.2, -0.15) is 0 Å². The number of aromatic amines is 1. The molecule has 0 radical (unpaired) electrons. The highest BCUT2D eigenvalue weighted by Crippen LogP contribution is 2.51. The number of nitro groups is 1. The van der Waals surface area contributed by atoms with E-state index < -0.39 is 31.4 Å². The van der Waals surface area contributed by atoms with Crippen LogP contribution < -0.4 is 19.7 Å². The van der Waals surface area contributed by atoms with Crippen molar-refractivity contribution >= 4 is 44.2 Å². The third-order valence-electron chi connectivity index (χ3n) is 15.0. The van der Waals surface area contributed by atoms with Crippen molar-refractivity contribution in [1.82, 2.24) is 24.6 Å². The van der Waals surface area contributed by atoms with Gasteiger partial charge in [0.15, 0.2) is 0 Å². The molecule has 2 aliphatic heterocycles. The van der Waals surface area contributed by atoms with Gasteiger partial charge in [0.25, 0.3) is 15.9 Å². The topological polar surface area (TPSA) is 176 Å². The van der Waals surface area contributed by atoms with Crippen LogP contribution in [0.25, 0.3) is 11.0 Å². The molecule has 15 heteroatoms. The summed E-state index contributed by atoms with van der Waals surface area (Å²) in [5.41, 5.74) is 4.79. The van der Waals surface area contributed by atoms with E-state index in [0.717, 1.165) is 94.0 Å². The van der Waals surface area contributed by atoms with Crippen molar-refractivity contribution in [3.05, 3.63) is 106 Å². The Labute approximate surface area is 374 Å². The molecular formula is C49H58N8O6S. The van der Waals surface area contributed by atoms with E-state index in [-0.39, 0.29) is 28.0 Å². The number of sulfonamides is 1. The minimum absolute atomic E-state index is 0.00888. The van der Waals surface area contributed by atoms with Gasteiger partial charge >= 0.3 is 5.69 Å². The van der Waals surface area contributed by atoms with Gasteiger partial charge in [-0.05, 0) is 128 Å². The van der Waals surface area contributed by atoms with Crippen LogP contribution in [0.2, 0.25) is 0 Å². The van der Waals surface area contributed by atoms with E-state index in [4.69, 9.17) is 4.74 Å². The fourth-order valence-corrected chi connectivity index (χ4v) is 12.0. The highest BCUT2D eigenvalue weighted by molar-refractivity contribution is 7.90. The van der Waals surface area contributed by atoms with Gasteiger partial charge in [-0.25, -0.2) is 23.1 Å². The average Bonchev–Trinajstić information content (AvgIpc) is 3.82. The summed E-state index contributed by atoms with van der Waals surface area (Å²) in [6.45, 7) is 8.93. The summed E-state index contributed by atoms with van der Waals surface area (Å²) in [5.74, 6) is 1.28. The van der Waals surface area contributed by atoms with Gasteiger partial charge in [-0.15, -0.1) is 0 Å². The molecule has 1 spiro atoms. The molecular weight excluding hydrogens is 829 g/mol. The summed E-state index contributed by atoms with van der Waals surface area (Å²) in [7, 11) is -4.59. The predicted molar refractivity (Wildman–Crippen MR) is 247 cm³/mol. The maximum absolute atomic E-state index is 14.0. The number of benzene rings is 2. The number of rotatable bonds is 13. The molecule has 3 N–H and O–H groups in total. The van der Waals surface area contributed by atoms with Crippen LogP contribution in [0.3, 0.4) is 0 Å². The number of ether oxygens (including phenoxy) is 1. The second kappa shape index (κ2) is 16.8. The lowest BCUT2D eigenvalue weighted by Crippen LogP contribution is -2.63. The van der Waals surface area contributed by atoms with E-state index in [1.807, 2.05) is 12.1 Å². The number of likely N-dealkylation sites (tertiary alicyclic amines) is 1. The molecule has 10 rings (SSSR count). The fourth-order valence-electron chi connectivity index (χ4n) is 11.0. The smallest absolute Gasteiger partial charge is 0.312 e. The van der Waals surface area contributed by atoms with Gasteiger partial charge in [0.2, 0.25) is 5.82 Å². The second-order valence-corrected chi connectivity index (χ2v) is 21.7. The summed E-state index contributed by atoms with van der Waals surface area (Å²) in [4.78, 5) is 41.7. The van der Waals surface area contributed by atoms with Crippen molar-refractivity contribution in [2.24, 2.45) is 16.7 Å². The molecule has 2 aromatic carbocycles. The van der Waals surface area contributed by atoms with Crippen LogP contribution in [0.1, 0.15) is 118 Å². The van der Waals surface area contributed by atoms with Gasteiger partial charge in [-0.3, -0.25) is 19.8 Å². The molecule has 14 nitrogen and oxygen atoms in total. The molecule has 5 aliphatic rings. The molecule has 3 aromatic heterocycles. The minimum Gasteiger partial charge on any atom is -0.455 e. The van der Waals surface area contributed by atoms with E-state index in [9.17, 15) is 23.3 Å². The highest BCUT2D eigenvalue weighted by atomic mass is 32.2. The number of piperidine rings is 1. The number of hydrogen-bond acceptors (Lipinski definition) is 11. The Morgan fingerprint density at radius 2 is 1.69 bits per heavy atom. The Kier molecular flexibility index (Phi) is 11.1. The van der Waals surface area contributed by atoms with Crippen molar-refractivity contribution < 1.29 is 22.9 Å². The Morgan fingerprint density at radius 1 is 0.922 bits per heavy atom. The number of nitrogens with zero attached hydrogens (tertiary/aromatic N) is 5. The molecule has 5 heterocycles. The standard InChI is InChI=1S/C49H58N8O6S/c1-48(2)17-14-32(15-18-48)27-51-46-43(57(59)60)26-37(29-53-46)64(61,62)54-47(58)41-13-12-35(25-44(41)63-36-24-34-16-21-50-45(34)52-28-36)55-22-19-49(20-23-55)30-56(31-49)42-9-5-8-40(42)39-7-4-3-6-38(39)33-10-11-33/h3-4,6-7,12-13,16,21,24-26,28-29,32-33,40,42H,5,8-11,14-15,17-20,22-23,27,30-31H2,1-2H3,(H,50,52)(H,51,53)(H,54,58)/t40-,42-/m1/s1. The molecule has 3 saturated carbocycles. The third-order valence-corrected chi connectivity index (χ3v) is 16.3. The van der Waals surface area contributed by atoms with E-state index in [1.54, 1.807) is 41.7 Å². The first kappa shape index (κ1) is 42.4. The van der Waals surface area contributed by atoms with Crippen LogP contribution in [-0.4, -0.2) is 77.9 Å². The van der Waals surface area contributed by atoms with Crippen molar-refractivity contribution in [1.29, 1.82) is 0 Å². The van der Waals surface area contributed by atoms with Crippen LogP contribution in [0, 0.1) is 26.9 Å². The quantitative estimate of drug-likeness (QED) is 0.0759. The van der Waals surface area contributed by atoms with E-state index >= 15 is 0 Å². The van der Waals surface area contributed by atoms with Crippen LogP contribution in [0.15, 0.2) is 84.1 Å². The predicted octanol–water partition coefficient (Wildman–Crippen LogP) is 9.52. The summed E-state index contributed by atoms with van der Waals surface area (Å²) in [5, 5.41) is 16.0. The molecule has 64 heavy (non-hydrogen) atoms. The molecule has 5 fully saturated rings. The van der Waals surface area contributed by atoms with Crippen molar-refractivity contribution in [3.8, 4) is 11.5 Å². The molecule has 3 aliphatic carbocycles. The zero-order chi connectivity index (χ0) is 44.2. The highest BCUT2D eigenvalue weighted by Gasteiger charge is 2.50. The number of pyridine rings is 2. The summed E-state index contributed by atoms with van der Waals surface area (Å²) >= 11 is 0. The molecule has 5 aromatic rings. The zero-order valence-corrected chi connectivity index (χ0v) is 37.5.